The zero-order chi connectivity index (χ0) is 25.2. The van der Waals surface area contributed by atoms with E-state index in [1.54, 1.807) is 18.2 Å². The summed E-state index contributed by atoms with van der Waals surface area (Å²) in [5.74, 6) is -0.936. The Morgan fingerprint density at radius 1 is 1.14 bits per heavy atom. The summed E-state index contributed by atoms with van der Waals surface area (Å²) in [4.78, 5) is 20.9. The molecule has 4 heterocycles. The van der Waals surface area contributed by atoms with Crippen molar-refractivity contribution in [3.05, 3.63) is 82.9 Å². The molecule has 9 heteroatoms. The standard InChI is InChI=1S/C27H31N5O3S/c1-18-16-22(19(2)32(18)21-7-5-6-20(17-21)26(33)34)25-24(23-8-3-4-9-28-23)29-27(36)31(25)11-10-30-12-14-35-15-13-30/h3-9,16-17,24-25H,10-15H2,1-2H3,(H,29,36)(H,33,34). The number of aryl methyl sites for hydroxylation is 1. The topological polar surface area (TPSA) is 82.9 Å². The number of nitrogens with zero attached hydrogens (tertiary/aromatic N) is 4. The molecule has 5 rings (SSSR count). The minimum Gasteiger partial charge on any atom is -0.478 e. The number of aromatic nitrogens is 2. The van der Waals surface area contributed by atoms with Crippen molar-refractivity contribution in [3.63, 3.8) is 0 Å². The maximum Gasteiger partial charge on any atom is 0.335 e. The van der Waals surface area contributed by atoms with Gasteiger partial charge >= 0.3 is 5.97 Å². The van der Waals surface area contributed by atoms with E-state index in [0.717, 1.165) is 72.8 Å². The first-order chi connectivity index (χ1) is 17.4. The summed E-state index contributed by atoms with van der Waals surface area (Å²) in [5, 5.41) is 13.8. The highest BCUT2D eigenvalue weighted by Crippen LogP contribution is 2.41. The lowest BCUT2D eigenvalue weighted by Gasteiger charge is -2.32. The quantitative estimate of drug-likeness (QED) is 0.473. The molecule has 1 aromatic carbocycles. The molecular weight excluding hydrogens is 474 g/mol. The van der Waals surface area contributed by atoms with Gasteiger partial charge in [-0.1, -0.05) is 12.1 Å². The van der Waals surface area contributed by atoms with Crippen LogP contribution in [0.15, 0.2) is 54.7 Å². The molecule has 2 unspecified atom stereocenters. The Bertz CT molecular complexity index is 1260. The molecule has 8 nitrogen and oxygen atoms in total. The van der Waals surface area contributed by atoms with Gasteiger partial charge < -0.3 is 24.6 Å². The normalized spacial score (nSPS) is 20.5. The third kappa shape index (κ3) is 4.74. The summed E-state index contributed by atoms with van der Waals surface area (Å²) in [6.07, 6.45) is 1.81. The Hall–Kier alpha value is -3.27. The van der Waals surface area contributed by atoms with Crippen LogP contribution in [0.25, 0.3) is 5.69 Å². The van der Waals surface area contributed by atoms with Crippen molar-refractivity contribution in [1.29, 1.82) is 0 Å². The molecule has 0 saturated carbocycles. The molecule has 0 spiro atoms. The highest BCUT2D eigenvalue weighted by Gasteiger charge is 2.41. The largest absolute Gasteiger partial charge is 0.478 e. The molecule has 3 aromatic rings. The van der Waals surface area contributed by atoms with Crippen LogP contribution < -0.4 is 5.32 Å². The van der Waals surface area contributed by atoms with Gasteiger partial charge in [0.15, 0.2) is 5.11 Å². The molecule has 2 aliphatic heterocycles. The van der Waals surface area contributed by atoms with E-state index >= 15 is 0 Å². The molecule has 0 radical (unpaired) electrons. The summed E-state index contributed by atoms with van der Waals surface area (Å²) >= 11 is 5.86. The van der Waals surface area contributed by atoms with Crippen LogP contribution in [0.2, 0.25) is 0 Å². The highest BCUT2D eigenvalue weighted by atomic mass is 32.1. The maximum atomic E-state index is 11.6. The van der Waals surface area contributed by atoms with Gasteiger partial charge in [0.05, 0.1) is 36.6 Å². The minimum atomic E-state index is -0.936. The van der Waals surface area contributed by atoms with Crippen LogP contribution in [0, 0.1) is 13.8 Å². The van der Waals surface area contributed by atoms with Gasteiger partial charge in [0, 0.05) is 49.5 Å². The predicted molar refractivity (Wildman–Crippen MR) is 142 cm³/mol. The Kier molecular flexibility index (Phi) is 7.04. The second kappa shape index (κ2) is 10.4. The predicted octanol–water partition coefficient (Wildman–Crippen LogP) is 3.49. The van der Waals surface area contributed by atoms with E-state index in [0.29, 0.717) is 0 Å². The van der Waals surface area contributed by atoms with Gasteiger partial charge in [0.25, 0.3) is 0 Å². The number of carboxylic acid groups (broad SMARTS) is 1. The molecule has 2 atom stereocenters. The van der Waals surface area contributed by atoms with E-state index in [2.05, 4.69) is 44.6 Å². The number of morpholine rings is 1. The van der Waals surface area contributed by atoms with Gasteiger partial charge in [-0.2, -0.15) is 0 Å². The average Bonchev–Trinajstić information content (AvgIpc) is 3.38. The minimum absolute atomic E-state index is 0.0453. The third-order valence-corrected chi connectivity index (χ3v) is 7.45. The number of thiocarbonyl (C=S) groups is 1. The summed E-state index contributed by atoms with van der Waals surface area (Å²) in [5.41, 5.74) is 5.29. The van der Waals surface area contributed by atoms with E-state index in [4.69, 9.17) is 17.0 Å². The Morgan fingerprint density at radius 3 is 2.67 bits per heavy atom. The van der Waals surface area contributed by atoms with Crippen LogP contribution in [-0.4, -0.2) is 74.9 Å². The monoisotopic (exact) mass is 505 g/mol. The molecule has 2 aliphatic rings. The molecule has 2 saturated heterocycles. The smallest absolute Gasteiger partial charge is 0.335 e. The number of carbonyl (C=O) groups is 1. The fourth-order valence-electron chi connectivity index (χ4n) is 5.32. The van der Waals surface area contributed by atoms with Gasteiger partial charge in [-0.25, -0.2) is 4.79 Å². The lowest BCUT2D eigenvalue weighted by atomic mass is 9.96. The second-order valence-corrected chi connectivity index (χ2v) is 9.68. The number of hydrogen-bond acceptors (Lipinski definition) is 5. The van der Waals surface area contributed by atoms with Crippen LogP contribution in [0.4, 0.5) is 0 Å². The summed E-state index contributed by atoms with van der Waals surface area (Å²) in [6, 6.07) is 15.1. The lowest BCUT2D eigenvalue weighted by Crippen LogP contribution is -2.42. The van der Waals surface area contributed by atoms with E-state index < -0.39 is 5.97 Å². The number of aromatic carboxylic acids is 1. The first-order valence-corrected chi connectivity index (χ1v) is 12.7. The highest BCUT2D eigenvalue weighted by molar-refractivity contribution is 7.80. The van der Waals surface area contributed by atoms with Crippen molar-refractivity contribution in [2.24, 2.45) is 0 Å². The number of carboxylic acids is 1. The van der Waals surface area contributed by atoms with E-state index in [-0.39, 0.29) is 17.6 Å². The molecular formula is C27H31N5O3S. The fourth-order valence-corrected chi connectivity index (χ4v) is 5.65. The van der Waals surface area contributed by atoms with Crippen LogP contribution in [0.3, 0.4) is 0 Å². The van der Waals surface area contributed by atoms with Crippen LogP contribution in [0.1, 0.15) is 45.1 Å². The zero-order valence-corrected chi connectivity index (χ0v) is 21.4. The number of rotatable bonds is 7. The summed E-state index contributed by atoms with van der Waals surface area (Å²) in [7, 11) is 0. The summed E-state index contributed by atoms with van der Waals surface area (Å²) < 4.78 is 7.64. The Morgan fingerprint density at radius 2 is 1.94 bits per heavy atom. The summed E-state index contributed by atoms with van der Waals surface area (Å²) in [6.45, 7) is 9.21. The zero-order valence-electron chi connectivity index (χ0n) is 20.6. The van der Waals surface area contributed by atoms with E-state index in [1.807, 2.05) is 30.5 Å². The molecule has 36 heavy (non-hydrogen) atoms. The van der Waals surface area contributed by atoms with Crippen LogP contribution >= 0.6 is 12.2 Å². The third-order valence-electron chi connectivity index (χ3n) is 7.10. The first-order valence-electron chi connectivity index (χ1n) is 12.2. The maximum absolute atomic E-state index is 11.6. The van der Waals surface area contributed by atoms with Crippen molar-refractivity contribution in [1.82, 2.24) is 24.7 Å². The van der Waals surface area contributed by atoms with E-state index in [1.165, 1.54) is 0 Å². The van der Waals surface area contributed by atoms with Gasteiger partial charge in [-0.05, 0) is 68.0 Å². The number of ether oxygens (including phenoxy) is 1. The van der Waals surface area contributed by atoms with Crippen molar-refractivity contribution in [3.8, 4) is 5.69 Å². The molecule has 0 aliphatic carbocycles. The fraction of sp³-hybridized carbons (Fsp3) is 0.370. The lowest BCUT2D eigenvalue weighted by molar-refractivity contribution is 0.0350. The molecule has 2 aromatic heterocycles. The second-order valence-electron chi connectivity index (χ2n) is 9.29. The van der Waals surface area contributed by atoms with Gasteiger partial charge in [-0.3, -0.25) is 9.88 Å². The van der Waals surface area contributed by atoms with Crippen molar-refractivity contribution >= 4 is 23.3 Å². The molecule has 2 fully saturated rings. The Balaban J connectivity index is 1.53. The van der Waals surface area contributed by atoms with Crippen LogP contribution in [0.5, 0.6) is 0 Å². The SMILES string of the molecule is Cc1cc(C2C(c3ccccn3)NC(=S)N2CCN2CCOCC2)c(C)n1-c1cccc(C(=O)O)c1. The first kappa shape index (κ1) is 24.4. The number of pyridine rings is 1. The number of benzene rings is 1. The van der Waals surface area contributed by atoms with Gasteiger partial charge in [0.1, 0.15) is 0 Å². The van der Waals surface area contributed by atoms with Crippen molar-refractivity contribution < 1.29 is 14.6 Å². The van der Waals surface area contributed by atoms with Gasteiger partial charge in [-0.15, -0.1) is 0 Å². The van der Waals surface area contributed by atoms with E-state index in [9.17, 15) is 9.90 Å². The average molecular weight is 506 g/mol. The van der Waals surface area contributed by atoms with Crippen molar-refractivity contribution in [2.75, 3.05) is 39.4 Å². The molecule has 2 N–H and O–H groups in total. The van der Waals surface area contributed by atoms with Gasteiger partial charge in [0.2, 0.25) is 0 Å². The van der Waals surface area contributed by atoms with Crippen LogP contribution in [-0.2, 0) is 4.74 Å². The molecule has 188 valence electrons. The number of hydrogen-bond donors (Lipinski definition) is 2. The molecule has 0 bridgehead atoms. The Labute approximate surface area is 216 Å². The number of nitrogens with one attached hydrogen (secondary N) is 1. The van der Waals surface area contributed by atoms with Crippen molar-refractivity contribution in [2.45, 2.75) is 25.9 Å². The molecule has 0 amide bonds.